The van der Waals surface area contributed by atoms with Crippen molar-refractivity contribution in [1.29, 1.82) is 0 Å². The van der Waals surface area contributed by atoms with Gasteiger partial charge in [-0.3, -0.25) is 0 Å². The molecule has 1 saturated carbocycles. The Bertz CT molecular complexity index is 475. The van der Waals surface area contributed by atoms with Crippen molar-refractivity contribution in [3.63, 3.8) is 0 Å². The second kappa shape index (κ2) is 6.93. The highest BCUT2D eigenvalue weighted by atomic mass is 16.5. The second-order valence-electron chi connectivity index (χ2n) is 6.49. The minimum absolute atomic E-state index is 0.0166. The van der Waals surface area contributed by atoms with Crippen molar-refractivity contribution in [2.24, 2.45) is 0 Å². The van der Waals surface area contributed by atoms with Crippen molar-refractivity contribution in [3.05, 3.63) is 34.4 Å². The first-order valence-corrected chi connectivity index (χ1v) is 8.49. The Balaban J connectivity index is 2.44. The van der Waals surface area contributed by atoms with Crippen LogP contribution in [0.15, 0.2) is 12.1 Å². The maximum Gasteiger partial charge on any atom is 0.0876 e. The molecule has 118 valence electrons. The first kappa shape index (κ1) is 16.5. The van der Waals surface area contributed by atoms with Gasteiger partial charge in [0, 0.05) is 6.61 Å². The summed E-state index contributed by atoms with van der Waals surface area (Å²) in [6.07, 6.45) is 4.91. The van der Waals surface area contributed by atoms with Gasteiger partial charge in [-0.1, -0.05) is 31.9 Å². The number of likely N-dealkylation sites (N-methyl/N-ethyl adjacent to an activating group) is 1. The number of rotatable bonds is 6. The lowest BCUT2D eigenvalue weighted by Gasteiger charge is -2.39. The van der Waals surface area contributed by atoms with Crippen LogP contribution >= 0.6 is 0 Å². The average Bonchev–Trinajstić information content (AvgIpc) is 2.90. The number of hydrogen-bond acceptors (Lipinski definition) is 2. The molecular weight excluding hydrogens is 258 g/mol. The van der Waals surface area contributed by atoms with Gasteiger partial charge in [0.2, 0.25) is 0 Å². The Kier molecular flexibility index (Phi) is 5.45. The molecular formula is C19H31NO. The third-order valence-electron chi connectivity index (χ3n) is 5.01. The van der Waals surface area contributed by atoms with Crippen LogP contribution in [0.2, 0.25) is 0 Å². The molecule has 1 unspecified atom stereocenters. The quantitative estimate of drug-likeness (QED) is 0.825. The lowest BCUT2D eigenvalue weighted by molar-refractivity contribution is -0.0624. The summed E-state index contributed by atoms with van der Waals surface area (Å²) in [6.45, 7) is 12.7. The van der Waals surface area contributed by atoms with Crippen LogP contribution in [-0.2, 0) is 4.74 Å². The number of ether oxygens (including phenoxy) is 1. The summed E-state index contributed by atoms with van der Waals surface area (Å²) in [7, 11) is 0. The van der Waals surface area contributed by atoms with E-state index in [1.165, 1.54) is 47.9 Å². The molecule has 0 amide bonds. The largest absolute Gasteiger partial charge is 0.373 e. The topological polar surface area (TPSA) is 21.3 Å². The number of nitrogens with one attached hydrogen (secondary N) is 1. The van der Waals surface area contributed by atoms with E-state index in [0.717, 1.165) is 13.2 Å². The Morgan fingerprint density at radius 3 is 2.24 bits per heavy atom. The van der Waals surface area contributed by atoms with Gasteiger partial charge in [0.1, 0.15) is 0 Å². The van der Waals surface area contributed by atoms with E-state index >= 15 is 0 Å². The molecule has 0 saturated heterocycles. The van der Waals surface area contributed by atoms with E-state index in [4.69, 9.17) is 4.74 Å². The molecule has 2 heteroatoms. The first-order valence-electron chi connectivity index (χ1n) is 8.49. The van der Waals surface area contributed by atoms with Crippen molar-refractivity contribution in [2.45, 2.75) is 71.9 Å². The lowest BCUT2D eigenvalue weighted by atomic mass is 9.83. The van der Waals surface area contributed by atoms with E-state index < -0.39 is 0 Å². The smallest absolute Gasteiger partial charge is 0.0876 e. The molecule has 2 rings (SSSR count). The molecule has 0 aromatic heterocycles. The Labute approximate surface area is 130 Å². The van der Waals surface area contributed by atoms with Gasteiger partial charge < -0.3 is 10.1 Å². The van der Waals surface area contributed by atoms with E-state index in [-0.39, 0.29) is 5.60 Å². The number of aryl methyl sites for hydroxylation is 3. The van der Waals surface area contributed by atoms with Gasteiger partial charge in [-0.2, -0.15) is 0 Å². The summed E-state index contributed by atoms with van der Waals surface area (Å²) < 4.78 is 6.32. The molecule has 0 aliphatic heterocycles. The van der Waals surface area contributed by atoms with Crippen LogP contribution in [0.5, 0.6) is 0 Å². The summed E-state index contributed by atoms with van der Waals surface area (Å²) in [5.74, 6) is 0. The molecule has 1 aliphatic rings. The molecule has 1 fully saturated rings. The van der Waals surface area contributed by atoms with Gasteiger partial charge in [0.05, 0.1) is 11.6 Å². The summed E-state index contributed by atoms with van der Waals surface area (Å²) in [4.78, 5) is 0. The maximum atomic E-state index is 6.32. The molecule has 1 atom stereocenters. The summed E-state index contributed by atoms with van der Waals surface area (Å²) in [5.41, 5.74) is 5.55. The Hall–Kier alpha value is -0.860. The van der Waals surface area contributed by atoms with E-state index in [9.17, 15) is 0 Å². The zero-order chi connectivity index (χ0) is 15.5. The van der Waals surface area contributed by atoms with Crippen LogP contribution in [0, 0.1) is 20.8 Å². The molecule has 1 aromatic carbocycles. The highest BCUT2D eigenvalue weighted by molar-refractivity contribution is 5.39. The fourth-order valence-electron chi connectivity index (χ4n) is 3.85. The molecule has 1 N–H and O–H groups in total. The fraction of sp³-hybridized carbons (Fsp3) is 0.684. The average molecular weight is 289 g/mol. The fourth-order valence-corrected chi connectivity index (χ4v) is 3.85. The summed E-state index contributed by atoms with van der Waals surface area (Å²) in [6, 6.07) is 5.00. The van der Waals surface area contributed by atoms with E-state index in [1.54, 1.807) is 0 Å². The van der Waals surface area contributed by atoms with Gasteiger partial charge in [-0.25, -0.2) is 0 Å². The molecule has 1 aliphatic carbocycles. The monoisotopic (exact) mass is 289 g/mol. The molecule has 0 spiro atoms. The summed E-state index contributed by atoms with van der Waals surface area (Å²) in [5, 5.41) is 3.73. The van der Waals surface area contributed by atoms with Crippen LogP contribution in [0.4, 0.5) is 0 Å². The second-order valence-corrected chi connectivity index (χ2v) is 6.49. The van der Waals surface area contributed by atoms with Crippen molar-refractivity contribution >= 4 is 0 Å². The third-order valence-corrected chi connectivity index (χ3v) is 5.01. The van der Waals surface area contributed by atoms with Gasteiger partial charge >= 0.3 is 0 Å². The van der Waals surface area contributed by atoms with Crippen molar-refractivity contribution in [1.82, 2.24) is 5.32 Å². The Morgan fingerprint density at radius 1 is 1.05 bits per heavy atom. The van der Waals surface area contributed by atoms with Crippen LogP contribution in [0.1, 0.15) is 67.8 Å². The van der Waals surface area contributed by atoms with Crippen LogP contribution in [0.3, 0.4) is 0 Å². The zero-order valence-corrected chi connectivity index (χ0v) is 14.4. The summed E-state index contributed by atoms with van der Waals surface area (Å²) >= 11 is 0. The van der Waals surface area contributed by atoms with Crippen LogP contribution in [-0.4, -0.2) is 18.8 Å². The maximum absolute atomic E-state index is 6.32. The van der Waals surface area contributed by atoms with Gasteiger partial charge in [0.15, 0.2) is 0 Å². The van der Waals surface area contributed by atoms with Crippen molar-refractivity contribution in [3.8, 4) is 0 Å². The van der Waals surface area contributed by atoms with Crippen molar-refractivity contribution < 1.29 is 4.74 Å². The first-order chi connectivity index (χ1) is 10.0. The predicted octanol–water partition coefficient (Wildman–Crippen LogP) is 4.61. The number of benzene rings is 1. The van der Waals surface area contributed by atoms with Gasteiger partial charge in [-0.15, -0.1) is 0 Å². The Morgan fingerprint density at radius 2 is 1.67 bits per heavy atom. The molecule has 1 aromatic rings. The molecule has 0 radical (unpaired) electrons. The van der Waals surface area contributed by atoms with Crippen molar-refractivity contribution in [2.75, 3.05) is 13.2 Å². The third kappa shape index (κ3) is 3.32. The SMILES string of the molecule is CCNC(c1cc(C)c(C)cc1C)C1(OCC)CCCC1. The zero-order valence-electron chi connectivity index (χ0n) is 14.4. The van der Waals surface area contributed by atoms with Crippen LogP contribution in [0.25, 0.3) is 0 Å². The van der Waals surface area contributed by atoms with Gasteiger partial charge in [0.25, 0.3) is 0 Å². The highest BCUT2D eigenvalue weighted by Crippen LogP contribution is 2.44. The molecule has 0 bridgehead atoms. The van der Waals surface area contributed by atoms with E-state index in [2.05, 4.69) is 52.1 Å². The number of hydrogen-bond donors (Lipinski definition) is 1. The standard InChI is InChI=1S/C19H31NO/c1-6-20-18(19(21-7-2)10-8-9-11-19)17-13-15(4)14(3)12-16(17)5/h12-13,18,20H,6-11H2,1-5H3. The molecule has 21 heavy (non-hydrogen) atoms. The highest BCUT2D eigenvalue weighted by Gasteiger charge is 2.43. The van der Waals surface area contributed by atoms with E-state index in [1.807, 2.05) is 0 Å². The molecule has 2 nitrogen and oxygen atoms in total. The minimum Gasteiger partial charge on any atom is -0.373 e. The van der Waals surface area contributed by atoms with Gasteiger partial charge in [-0.05, 0) is 69.3 Å². The van der Waals surface area contributed by atoms with Crippen LogP contribution < -0.4 is 5.32 Å². The van der Waals surface area contributed by atoms with E-state index in [0.29, 0.717) is 6.04 Å². The molecule has 0 heterocycles. The normalized spacial score (nSPS) is 18.9. The lowest BCUT2D eigenvalue weighted by Crippen LogP contribution is -2.44. The predicted molar refractivity (Wildman–Crippen MR) is 89.9 cm³/mol. The minimum atomic E-state index is -0.0166.